The third-order valence-electron chi connectivity index (χ3n) is 5.12. The van der Waals surface area contributed by atoms with E-state index in [1.807, 2.05) is 36.1 Å². The summed E-state index contributed by atoms with van der Waals surface area (Å²) < 4.78 is 5.43. The molecule has 1 aliphatic rings. The fraction of sp³-hybridized carbons (Fsp3) is 0.318. The Balaban J connectivity index is 1.45. The predicted octanol–water partition coefficient (Wildman–Crippen LogP) is 4.12. The van der Waals surface area contributed by atoms with Crippen LogP contribution in [0.4, 0.5) is 0 Å². The van der Waals surface area contributed by atoms with E-state index in [-0.39, 0.29) is 11.8 Å². The van der Waals surface area contributed by atoms with Crippen molar-refractivity contribution in [2.75, 3.05) is 6.54 Å². The Kier molecular flexibility index (Phi) is 4.75. The molecule has 5 heteroatoms. The van der Waals surface area contributed by atoms with Crippen molar-refractivity contribution < 1.29 is 9.32 Å². The van der Waals surface area contributed by atoms with Crippen LogP contribution in [0.2, 0.25) is 0 Å². The van der Waals surface area contributed by atoms with Gasteiger partial charge in [-0.2, -0.15) is 4.98 Å². The highest BCUT2D eigenvalue weighted by molar-refractivity contribution is 5.79. The van der Waals surface area contributed by atoms with Gasteiger partial charge in [0.2, 0.25) is 5.91 Å². The van der Waals surface area contributed by atoms with Crippen LogP contribution in [0.3, 0.4) is 0 Å². The second kappa shape index (κ2) is 7.35. The maximum atomic E-state index is 12.4. The first-order valence-corrected chi connectivity index (χ1v) is 9.38. The number of carbonyl (C=O) groups is 1. The number of benzene rings is 2. The van der Waals surface area contributed by atoms with E-state index < -0.39 is 0 Å². The molecule has 2 heterocycles. The third-order valence-corrected chi connectivity index (χ3v) is 5.12. The van der Waals surface area contributed by atoms with Crippen LogP contribution in [0.1, 0.15) is 41.8 Å². The van der Waals surface area contributed by atoms with Gasteiger partial charge in [-0.05, 0) is 36.6 Å². The van der Waals surface area contributed by atoms with Gasteiger partial charge in [-0.3, -0.25) is 4.79 Å². The standard InChI is InChI=1S/C22H23N3O2/c1-3-16-6-8-17(9-7-16)13-25-14-19(12-20(25)26)21-23-22(27-24-21)18-10-4-15(2)5-11-18/h4-11,19H,3,12-14H2,1-2H3. The van der Waals surface area contributed by atoms with E-state index in [2.05, 4.69) is 41.3 Å². The van der Waals surface area contributed by atoms with E-state index in [1.165, 1.54) is 11.1 Å². The minimum atomic E-state index is -0.0182. The van der Waals surface area contributed by atoms with Gasteiger partial charge in [0.05, 0.1) is 0 Å². The maximum absolute atomic E-state index is 12.4. The second-order valence-corrected chi connectivity index (χ2v) is 7.17. The van der Waals surface area contributed by atoms with Crippen molar-refractivity contribution in [3.8, 4) is 11.5 Å². The van der Waals surface area contributed by atoms with Crippen molar-refractivity contribution in [2.45, 2.75) is 39.2 Å². The minimum absolute atomic E-state index is 0.0182. The maximum Gasteiger partial charge on any atom is 0.257 e. The normalized spacial score (nSPS) is 16.9. The average Bonchev–Trinajstić information content (AvgIpc) is 3.30. The molecule has 0 aliphatic carbocycles. The Hall–Kier alpha value is -2.95. The highest BCUT2D eigenvalue weighted by atomic mass is 16.5. The van der Waals surface area contributed by atoms with Crippen molar-refractivity contribution in [2.24, 2.45) is 0 Å². The van der Waals surface area contributed by atoms with E-state index in [4.69, 9.17) is 4.52 Å². The zero-order chi connectivity index (χ0) is 18.8. The molecule has 0 saturated carbocycles. The van der Waals surface area contributed by atoms with Gasteiger partial charge < -0.3 is 9.42 Å². The summed E-state index contributed by atoms with van der Waals surface area (Å²) in [5, 5.41) is 4.13. The lowest BCUT2D eigenvalue weighted by Gasteiger charge is -2.16. The molecule has 1 aliphatic heterocycles. The number of carbonyl (C=O) groups excluding carboxylic acids is 1. The highest BCUT2D eigenvalue weighted by Crippen LogP contribution is 2.29. The fourth-order valence-corrected chi connectivity index (χ4v) is 3.41. The lowest BCUT2D eigenvalue weighted by Crippen LogP contribution is -2.24. The molecule has 5 nitrogen and oxygen atoms in total. The van der Waals surface area contributed by atoms with E-state index in [0.29, 0.717) is 31.2 Å². The summed E-state index contributed by atoms with van der Waals surface area (Å²) in [4.78, 5) is 18.9. The number of likely N-dealkylation sites (tertiary alicyclic amines) is 1. The van der Waals surface area contributed by atoms with Crippen LogP contribution in [0, 0.1) is 6.92 Å². The highest BCUT2D eigenvalue weighted by Gasteiger charge is 2.33. The van der Waals surface area contributed by atoms with Gasteiger partial charge in [0.25, 0.3) is 5.89 Å². The lowest BCUT2D eigenvalue weighted by molar-refractivity contribution is -0.128. The topological polar surface area (TPSA) is 59.2 Å². The Morgan fingerprint density at radius 3 is 2.48 bits per heavy atom. The number of aryl methyl sites for hydroxylation is 2. The molecule has 1 amide bonds. The monoisotopic (exact) mass is 361 g/mol. The summed E-state index contributed by atoms with van der Waals surface area (Å²) in [7, 11) is 0. The Labute approximate surface area is 159 Å². The molecule has 27 heavy (non-hydrogen) atoms. The zero-order valence-corrected chi connectivity index (χ0v) is 15.7. The van der Waals surface area contributed by atoms with Crippen molar-refractivity contribution in [1.29, 1.82) is 0 Å². The molecule has 3 aromatic rings. The molecule has 138 valence electrons. The molecule has 1 aromatic heterocycles. The van der Waals surface area contributed by atoms with Crippen LogP contribution in [-0.4, -0.2) is 27.5 Å². The van der Waals surface area contributed by atoms with Crippen LogP contribution < -0.4 is 0 Å². The summed E-state index contributed by atoms with van der Waals surface area (Å²) in [5.41, 5.74) is 4.54. The first-order valence-electron chi connectivity index (χ1n) is 9.38. The van der Waals surface area contributed by atoms with Gasteiger partial charge in [-0.15, -0.1) is 0 Å². The Morgan fingerprint density at radius 2 is 1.78 bits per heavy atom. The Bertz CT molecular complexity index is 929. The second-order valence-electron chi connectivity index (χ2n) is 7.17. The average molecular weight is 361 g/mol. The van der Waals surface area contributed by atoms with E-state index in [0.717, 1.165) is 17.5 Å². The summed E-state index contributed by atoms with van der Waals surface area (Å²) in [6.07, 6.45) is 1.45. The molecule has 2 aromatic carbocycles. The van der Waals surface area contributed by atoms with Gasteiger partial charge in [-0.25, -0.2) is 0 Å². The van der Waals surface area contributed by atoms with Gasteiger partial charge >= 0.3 is 0 Å². The van der Waals surface area contributed by atoms with Crippen LogP contribution >= 0.6 is 0 Å². The number of hydrogen-bond donors (Lipinski definition) is 0. The molecular formula is C22H23N3O2. The minimum Gasteiger partial charge on any atom is -0.338 e. The summed E-state index contributed by atoms with van der Waals surface area (Å²) in [6.45, 7) is 5.43. The van der Waals surface area contributed by atoms with Crippen LogP contribution in [-0.2, 0) is 17.8 Å². The quantitative estimate of drug-likeness (QED) is 0.686. The molecule has 1 fully saturated rings. The number of aromatic nitrogens is 2. The predicted molar refractivity (Wildman–Crippen MR) is 103 cm³/mol. The van der Waals surface area contributed by atoms with Crippen molar-refractivity contribution >= 4 is 5.91 Å². The first kappa shape index (κ1) is 17.5. The number of nitrogens with zero attached hydrogens (tertiary/aromatic N) is 3. The fourth-order valence-electron chi connectivity index (χ4n) is 3.41. The van der Waals surface area contributed by atoms with Crippen LogP contribution in [0.25, 0.3) is 11.5 Å². The van der Waals surface area contributed by atoms with E-state index in [9.17, 15) is 4.79 Å². The molecule has 0 N–H and O–H groups in total. The zero-order valence-electron chi connectivity index (χ0n) is 15.7. The Morgan fingerprint density at radius 1 is 1.07 bits per heavy atom. The molecule has 1 atom stereocenters. The van der Waals surface area contributed by atoms with Gasteiger partial charge in [-0.1, -0.05) is 54.0 Å². The van der Waals surface area contributed by atoms with Crippen molar-refractivity contribution in [1.82, 2.24) is 15.0 Å². The number of rotatable bonds is 5. The largest absolute Gasteiger partial charge is 0.338 e. The summed E-state index contributed by atoms with van der Waals surface area (Å²) in [5.74, 6) is 1.24. The SMILES string of the molecule is CCc1ccc(CN2CC(c3noc(-c4ccc(C)cc4)n3)CC2=O)cc1. The van der Waals surface area contributed by atoms with Gasteiger partial charge in [0, 0.05) is 31.0 Å². The smallest absolute Gasteiger partial charge is 0.257 e. The number of hydrogen-bond acceptors (Lipinski definition) is 4. The molecule has 0 bridgehead atoms. The molecule has 4 rings (SSSR count). The third kappa shape index (κ3) is 3.77. The van der Waals surface area contributed by atoms with Crippen LogP contribution in [0.15, 0.2) is 53.1 Å². The van der Waals surface area contributed by atoms with Crippen molar-refractivity contribution in [3.63, 3.8) is 0 Å². The van der Waals surface area contributed by atoms with E-state index >= 15 is 0 Å². The summed E-state index contributed by atoms with van der Waals surface area (Å²) >= 11 is 0. The number of amides is 1. The first-order chi connectivity index (χ1) is 13.1. The molecular weight excluding hydrogens is 338 g/mol. The van der Waals surface area contributed by atoms with Gasteiger partial charge in [0.1, 0.15) is 0 Å². The summed E-state index contributed by atoms with van der Waals surface area (Å²) in [6, 6.07) is 16.4. The molecule has 0 radical (unpaired) electrons. The van der Waals surface area contributed by atoms with E-state index in [1.54, 1.807) is 0 Å². The molecule has 1 saturated heterocycles. The van der Waals surface area contributed by atoms with Crippen LogP contribution in [0.5, 0.6) is 0 Å². The molecule has 1 unspecified atom stereocenters. The van der Waals surface area contributed by atoms with Gasteiger partial charge in [0.15, 0.2) is 5.82 Å². The van der Waals surface area contributed by atoms with Crippen molar-refractivity contribution in [3.05, 3.63) is 71.0 Å². The lowest BCUT2D eigenvalue weighted by atomic mass is 10.1. The molecule has 0 spiro atoms.